The maximum atomic E-state index is 9.09. The molecule has 5 rings (SSSR count). The molecule has 2 bridgehead atoms. The van der Waals surface area contributed by atoms with Gasteiger partial charge in [-0.2, -0.15) is 0 Å². The number of imidazole rings is 1. The van der Waals surface area contributed by atoms with Crippen molar-refractivity contribution in [3.8, 4) is 22.6 Å². The minimum absolute atomic E-state index is 0.0796. The van der Waals surface area contributed by atoms with Crippen LogP contribution < -0.4 is 5.32 Å². The number of aryl methyl sites for hydroxylation is 1. The van der Waals surface area contributed by atoms with Crippen molar-refractivity contribution in [3.63, 3.8) is 0 Å². The number of aliphatic hydroxyl groups is 1. The summed E-state index contributed by atoms with van der Waals surface area (Å²) in [6.07, 6.45) is 5.48. The molecule has 2 atom stereocenters. The van der Waals surface area contributed by atoms with Crippen molar-refractivity contribution in [2.75, 3.05) is 18.5 Å². The van der Waals surface area contributed by atoms with Crippen LogP contribution in [0.15, 0.2) is 36.5 Å². The third-order valence-electron chi connectivity index (χ3n) is 5.66. The van der Waals surface area contributed by atoms with Crippen LogP contribution in [0.2, 0.25) is 0 Å². The second kappa shape index (κ2) is 6.46. The lowest BCUT2D eigenvalue weighted by molar-refractivity contribution is 0.311. The van der Waals surface area contributed by atoms with E-state index in [4.69, 9.17) is 15.1 Å². The number of rotatable bonds is 5. The van der Waals surface area contributed by atoms with Gasteiger partial charge >= 0.3 is 0 Å². The summed E-state index contributed by atoms with van der Waals surface area (Å²) in [5.41, 5.74) is 5.12. The predicted octanol–water partition coefficient (Wildman–Crippen LogP) is 3.54. The summed E-state index contributed by atoms with van der Waals surface area (Å²) < 4.78 is 2.44. The molecule has 0 aromatic carbocycles. The number of nitrogens with one attached hydrogen (secondary N) is 1. The number of pyridine rings is 2. The smallest absolute Gasteiger partial charge is 0.126 e. The van der Waals surface area contributed by atoms with E-state index in [1.165, 1.54) is 25.1 Å². The summed E-state index contributed by atoms with van der Waals surface area (Å²) in [7, 11) is 0. The number of anilines is 1. The van der Waals surface area contributed by atoms with E-state index in [2.05, 4.69) is 14.9 Å². The van der Waals surface area contributed by atoms with Crippen LogP contribution in [-0.4, -0.2) is 37.8 Å². The lowest BCUT2D eigenvalue weighted by Crippen LogP contribution is -2.09. The fourth-order valence-corrected chi connectivity index (χ4v) is 4.52. The van der Waals surface area contributed by atoms with E-state index < -0.39 is 0 Å². The molecule has 6 nitrogen and oxygen atoms in total. The average molecular weight is 361 g/mol. The maximum Gasteiger partial charge on any atom is 0.126 e. The van der Waals surface area contributed by atoms with Crippen molar-refractivity contribution >= 4 is 5.82 Å². The fourth-order valence-electron chi connectivity index (χ4n) is 4.52. The highest BCUT2D eigenvalue weighted by Gasteiger charge is 2.41. The SMILES string of the molecule is Cc1cccc(-c2nc3n(c2-c2ccnc(NCCO)c2)C2CCC3C2)n1. The first-order chi connectivity index (χ1) is 13.2. The molecule has 2 unspecified atom stereocenters. The third-order valence-corrected chi connectivity index (χ3v) is 5.66. The Morgan fingerprint density at radius 3 is 3.00 bits per heavy atom. The van der Waals surface area contributed by atoms with Crippen LogP contribution in [-0.2, 0) is 0 Å². The molecule has 6 heteroatoms. The Balaban J connectivity index is 1.68. The monoisotopic (exact) mass is 361 g/mol. The topological polar surface area (TPSA) is 75.9 Å². The van der Waals surface area contributed by atoms with Gasteiger partial charge in [-0.1, -0.05) is 6.07 Å². The minimum Gasteiger partial charge on any atom is -0.395 e. The van der Waals surface area contributed by atoms with E-state index in [0.717, 1.165) is 34.2 Å². The normalized spacial score (nSPS) is 20.1. The van der Waals surface area contributed by atoms with Gasteiger partial charge in [0, 0.05) is 36.0 Å². The van der Waals surface area contributed by atoms with Gasteiger partial charge in [0.15, 0.2) is 0 Å². The molecule has 2 aliphatic rings. The molecule has 3 aromatic heterocycles. The van der Waals surface area contributed by atoms with Crippen molar-refractivity contribution in [1.82, 2.24) is 19.5 Å². The summed E-state index contributed by atoms with van der Waals surface area (Å²) in [5, 5.41) is 12.2. The number of aromatic nitrogens is 4. The quantitative estimate of drug-likeness (QED) is 0.727. The molecule has 0 saturated heterocycles. The van der Waals surface area contributed by atoms with Gasteiger partial charge in [-0.15, -0.1) is 0 Å². The highest BCUT2D eigenvalue weighted by molar-refractivity contribution is 5.79. The van der Waals surface area contributed by atoms with E-state index in [1.807, 2.05) is 43.5 Å². The molecule has 1 saturated carbocycles. The zero-order valence-corrected chi connectivity index (χ0v) is 15.4. The second-order valence-electron chi connectivity index (χ2n) is 7.45. The van der Waals surface area contributed by atoms with Gasteiger partial charge in [0.05, 0.1) is 18.0 Å². The van der Waals surface area contributed by atoms with Crippen LogP contribution in [0.5, 0.6) is 0 Å². The van der Waals surface area contributed by atoms with Crippen molar-refractivity contribution in [3.05, 3.63) is 48.0 Å². The Morgan fingerprint density at radius 2 is 2.15 bits per heavy atom. The van der Waals surface area contributed by atoms with E-state index in [1.54, 1.807) is 0 Å². The Morgan fingerprint density at radius 1 is 1.22 bits per heavy atom. The van der Waals surface area contributed by atoms with Crippen molar-refractivity contribution in [2.24, 2.45) is 0 Å². The van der Waals surface area contributed by atoms with E-state index in [-0.39, 0.29) is 6.61 Å². The summed E-state index contributed by atoms with van der Waals surface area (Å²) in [5.74, 6) is 2.55. The number of aliphatic hydroxyl groups excluding tert-OH is 1. The summed E-state index contributed by atoms with van der Waals surface area (Å²) in [6.45, 7) is 2.58. The fraction of sp³-hybridized carbons (Fsp3) is 0.381. The van der Waals surface area contributed by atoms with Gasteiger partial charge in [-0.05, 0) is 50.5 Å². The second-order valence-corrected chi connectivity index (χ2v) is 7.45. The molecule has 0 amide bonds. The molecular weight excluding hydrogens is 338 g/mol. The van der Waals surface area contributed by atoms with Crippen LogP contribution in [0, 0.1) is 6.92 Å². The number of hydrogen-bond donors (Lipinski definition) is 2. The predicted molar refractivity (Wildman–Crippen MR) is 105 cm³/mol. The highest BCUT2D eigenvalue weighted by Crippen LogP contribution is 2.52. The Hall–Kier alpha value is -2.73. The summed E-state index contributed by atoms with van der Waals surface area (Å²) in [4.78, 5) is 14.2. The molecule has 3 aromatic rings. The van der Waals surface area contributed by atoms with Crippen LogP contribution in [0.25, 0.3) is 22.6 Å². The Labute approximate surface area is 158 Å². The van der Waals surface area contributed by atoms with Crippen LogP contribution in [0.1, 0.15) is 42.7 Å². The molecular formula is C21H23N5O. The number of fused-ring (bicyclic) bond motifs is 5. The molecule has 0 radical (unpaired) electrons. The van der Waals surface area contributed by atoms with Gasteiger partial charge in [0.25, 0.3) is 0 Å². The molecule has 138 valence electrons. The van der Waals surface area contributed by atoms with Crippen molar-refractivity contribution < 1.29 is 5.11 Å². The van der Waals surface area contributed by atoms with Crippen LogP contribution >= 0.6 is 0 Å². The lowest BCUT2D eigenvalue weighted by Gasteiger charge is -2.17. The number of hydrogen-bond acceptors (Lipinski definition) is 5. The zero-order chi connectivity index (χ0) is 18.4. The van der Waals surface area contributed by atoms with E-state index >= 15 is 0 Å². The first-order valence-corrected chi connectivity index (χ1v) is 9.62. The van der Waals surface area contributed by atoms with Gasteiger partial charge < -0.3 is 15.0 Å². The van der Waals surface area contributed by atoms with Crippen molar-refractivity contribution in [1.29, 1.82) is 0 Å². The van der Waals surface area contributed by atoms with Gasteiger partial charge in [-0.25, -0.2) is 9.97 Å². The molecule has 1 aliphatic heterocycles. The highest BCUT2D eigenvalue weighted by atomic mass is 16.3. The standard InChI is InChI=1S/C21H23N5O/c1-13-3-2-4-17(24-13)19-20(14-7-8-22-18(12-14)23-9-10-27)26-16-6-5-15(11-16)21(26)25-19/h2-4,7-8,12,15-16,27H,5-6,9-11H2,1H3,(H,22,23). The van der Waals surface area contributed by atoms with Gasteiger partial charge in [-0.3, -0.25) is 4.98 Å². The maximum absolute atomic E-state index is 9.09. The molecule has 1 fully saturated rings. The first kappa shape index (κ1) is 16.4. The zero-order valence-electron chi connectivity index (χ0n) is 15.4. The summed E-state index contributed by atoms with van der Waals surface area (Å²) in [6, 6.07) is 10.7. The average Bonchev–Trinajstić information content (AvgIpc) is 3.38. The largest absolute Gasteiger partial charge is 0.395 e. The molecule has 0 spiro atoms. The van der Waals surface area contributed by atoms with Gasteiger partial charge in [0.1, 0.15) is 17.3 Å². The van der Waals surface area contributed by atoms with E-state index in [0.29, 0.717) is 18.5 Å². The Bertz CT molecular complexity index is 996. The minimum atomic E-state index is 0.0796. The first-order valence-electron chi connectivity index (χ1n) is 9.62. The molecule has 4 heterocycles. The molecule has 27 heavy (non-hydrogen) atoms. The number of nitrogens with zero attached hydrogens (tertiary/aromatic N) is 4. The van der Waals surface area contributed by atoms with Crippen molar-refractivity contribution in [2.45, 2.75) is 38.1 Å². The molecule has 2 N–H and O–H groups in total. The third kappa shape index (κ3) is 2.72. The summed E-state index contributed by atoms with van der Waals surface area (Å²) >= 11 is 0. The van der Waals surface area contributed by atoms with Crippen LogP contribution in [0.4, 0.5) is 5.82 Å². The van der Waals surface area contributed by atoms with E-state index in [9.17, 15) is 0 Å². The van der Waals surface area contributed by atoms with Crippen LogP contribution in [0.3, 0.4) is 0 Å². The lowest BCUT2D eigenvalue weighted by atomic mass is 10.1. The molecule has 1 aliphatic carbocycles. The van der Waals surface area contributed by atoms with Gasteiger partial charge in [0.2, 0.25) is 0 Å². The Kier molecular flexibility index (Phi) is 3.93.